The molecule has 4 heteroatoms. The first-order chi connectivity index (χ1) is 16.2. The van der Waals surface area contributed by atoms with Gasteiger partial charge in [0.2, 0.25) is 11.9 Å². The minimum absolute atomic E-state index is 0.222. The molecule has 0 fully saturated rings. The summed E-state index contributed by atoms with van der Waals surface area (Å²) in [5.41, 5.74) is 7.30. The maximum Gasteiger partial charge on any atom is 0.216 e. The number of hydrogen-bond acceptors (Lipinski definition) is 1. The fourth-order valence-electron chi connectivity index (χ4n) is 4.74. The molecule has 0 saturated carbocycles. The van der Waals surface area contributed by atoms with Gasteiger partial charge in [0.1, 0.15) is 18.2 Å². The Morgan fingerprint density at radius 1 is 1.00 bits per heavy atom. The average Bonchev–Trinajstić information content (AvgIpc) is 3.17. The van der Waals surface area contributed by atoms with Crippen LogP contribution < -0.4 is 4.57 Å². The molecule has 0 aliphatic heterocycles. The van der Waals surface area contributed by atoms with Crippen LogP contribution >= 0.6 is 0 Å². The molecule has 0 spiro atoms. The Labute approximate surface area is 198 Å². The summed E-state index contributed by atoms with van der Waals surface area (Å²) in [6.07, 6.45) is 1.55. The van der Waals surface area contributed by atoms with Gasteiger partial charge in [0, 0.05) is 22.4 Å². The Hall–Kier alpha value is -3.97. The minimum Gasteiger partial charge on any atom is -0.456 e. The van der Waals surface area contributed by atoms with E-state index in [1.54, 1.807) is 12.3 Å². The smallest absolute Gasteiger partial charge is 0.216 e. The zero-order valence-electron chi connectivity index (χ0n) is 20.0. The fraction of sp³-hybridized carbons (Fsp3) is 0.200. The van der Waals surface area contributed by atoms with Gasteiger partial charge in [-0.1, -0.05) is 63.2 Å². The Bertz CT molecular complexity index is 1620. The number of fused-ring (bicyclic) bond motifs is 3. The number of halogens is 1. The summed E-state index contributed by atoms with van der Waals surface area (Å²) < 4.78 is 23.2. The van der Waals surface area contributed by atoms with Crippen LogP contribution in [0.5, 0.6) is 0 Å². The quantitative estimate of drug-likeness (QED) is 0.197. The largest absolute Gasteiger partial charge is 0.456 e. The first-order valence-corrected chi connectivity index (χ1v) is 11.3. The lowest BCUT2D eigenvalue weighted by molar-refractivity contribution is -0.662. The van der Waals surface area contributed by atoms with Crippen LogP contribution in [-0.2, 0) is 12.5 Å². The van der Waals surface area contributed by atoms with E-state index >= 15 is 0 Å². The van der Waals surface area contributed by atoms with E-state index in [-0.39, 0.29) is 11.2 Å². The summed E-state index contributed by atoms with van der Waals surface area (Å²) in [5.74, 6) is -0.222. The van der Waals surface area contributed by atoms with Gasteiger partial charge in [-0.2, -0.15) is 4.57 Å². The van der Waals surface area contributed by atoms with Crippen molar-refractivity contribution in [2.45, 2.75) is 33.1 Å². The molecule has 3 aromatic carbocycles. The van der Waals surface area contributed by atoms with E-state index in [2.05, 4.69) is 30.0 Å². The highest BCUT2D eigenvalue weighted by Gasteiger charge is 2.28. The molecule has 2 aromatic heterocycles. The van der Waals surface area contributed by atoms with E-state index < -0.39 is 0 Å². The van der Waals surface area contributed by atoms with Crippen LogP contribution in [0.25, 0.3) is 49.2 Å². The maximum atomic E-state index is 14.9. The molecule has 0 saturated heterocycles. The molecule has 5 aromatic rings. The van der Waals surface area contributed by atoms with Crippen molar-refractivity contribution < 1.29 is 13.4 Å². The Morgan fingerprint density at radius 2 is 1.74 bits per heavy atom. The van der Waals surface area contributed by atoms with Gasteiger partial charge < -0.3 is 4.42 Å². The van der Waals surface area contributed by atoms with E-state index in [0.717, 1.165) is 44.3 Å². The molecule has 0 bridgehead atoms. The molecule has 0 aliphatic rings. The molecular weight excluding hydrogens is 423 g/mol. The number of nitrogens with zero attached hydrogens (tertiary/aromatic N) is 2. The van der Waals surface area contributed by atoms with Gasteiger partial charge in [0.15, 0.2) is 11.5 Å². The molecule has 2 heterocycles. The van der Waals surface area contributed by atoms with Crippen molar-refractivity contribution in [3.05, 3.63) is 95.2 Å². The molecule has 168 valence electrons. The minimum atomic E-state index is -0.345. The molecule has 0 atom stereocenters. The van der Waals surface area contributed by atoms with Gasteiger partial charge in [0.25, 0.3) is 0 Å². The van der Waals surface area contributed by atoms with Crippen LogP contribution in [0.1, 0.15) is 31.9 Å². The molecule has 34 heavy (non-hydrogen) atoms. The zero-order chi connectivity index (χ0) is 24.2. The predicted molar refractivity (Wildman–Crippen MR) is 135 cm³/mol. The van der Waals surface area contributed by atoms with Crippen LogP contribution in [0.2, 0.25) is 0 Å². The van der Waals surface area contributed by atoms with Crippen LogP contribution in [-0.4, -0.2) is 0 Å². The maximum absolute atomic E-state index is 14.9. The summed E-state index contributed by atoms with van der Waals surface area (Å²) in [6, 6.07) is 20.0. The van der Waals surface area contributed by atoms with Crippen molar-refractivity contribution in [2.75, 3.05) is 0 Å². The average molecular weight is 450 g/mol. The van der Waals surface area contributed by atoms with Gasteiger partial charge in [-0.15, -0.1) is 0 Å². The lowest BCUT2D eigenvalue weighted by atomic mass is 9.85. The fourth-order valence-corrected chi connectivity index (χ4v) is 4.74. The SMILES string of the molecule is [C-]#[N+]c1ccc2c(c1)oc1c(-c3cc(C(C)(C)C)c(F)c[n+]3C)c(C)cc(-c3ccccc3)c12. The van der Waals surface area contributed by atoms with E-state index in [1.807, 2.05) is 68.8 Å². The Kier molecular flexibility index (Phi) is 5.02. The number of hydrogen-bond donors (Lipinski definition) is 0. The van der Waals surface area contributed by atoms with Gasteiger partial charge in [-0.25, -0.2) is 9.24 Å². The Balaban J connectivity index is 1.94. The molecule has 0 amide bonds. The number of rotatable bonds is 2. The zero-order valence-corrected chi connectivity index (χ0v) is 20.0. The van der Waals surface area contributed by atoms with Crippen molar-refractivity contribution in [3.63, 3.8) is 0 Å². The second-order valence-corrected chi connectivity index (χ2v) is 9.86. The summed E-state index contributed by atoms with van der Waals surface area (Å²) in [7, 11) is 1.86. The first-order valence-electron chi connectivity index (χ1n) is 11.3. The summed E-state index contributed by atoms with van der Waals surface area (Å²) >= 11 is 0. The third kappa shape index (κ3) is 3.45. The molecular formula is C30H26FN2O+. The van der Waals surface area contributed by atoms with Gasteiger partial charge in [0.05, 0.1) is 12.1 Å². The number of pyridine rings is 1. The lowest BCUT2D eigenvalue weighted by Crippen LogP contribution is -2.33. The van der Waals surface area contributed by atoms with Crippen molar-refractivity contribution >= 4 is 27.6 Å². The molecule has 0 radical (unpaired) electrons. The van der Waals surface area contributed by atoms with Crippen molar-refractivity contribution in [1.82, 2.24) is 0 Å². The molecule has 5 rings (SSSR count). The van der Waals surface area contributed by atoms with Crippen molar-refractivity contribution in [2.24, 2.45) is 7.05 Å². The molecule has 0 N–H and O–H groups in total. The third-order valence-electron chi connectivity index (χ3n) is 6.43. The van der Waals surface area contributed by atoms with Crippen molar-refractivity contribution in [3.8, 4) is 22.4 Å². The highest BCUT2D eigenvalue weighted by molar-refractivity contribution is 6.17. The second-order valence-electron chi connectivity index (χ2n) is 9.86. The summed E-state index contributed by atoms with van der Waals surface area (Å²) in [6.45, 7) is 15.5. The van der Waals surface area contributed by atoms with E-state index in [4.69, 9.17) is 11.0 Å². The van der Waals surface area contributed by atoms with Crippen LogP contribution in [0.4, 0.5) is 10.1 Å². The van der Waals surface area contributed by atoms with E-state index in [0.29, 0.717) is 16.8 Å². The number of aryl methyl sites for hydroxylation is 2. The summed E-state index contributed by atoms with van der Waals surface area (Å²) in [4.78, 5) is 3.58. The second kappa shape index (κ2) is 7.81. The lowest BCUT2D eigenvalue weighted by Gasteiger charge is -2.20. The van der Waals surface area contributed by atoms with Crippen LogP contribution in [0.15, 0.2) is 71.3 Å². The normalized spacial score (nSPS) is 11.8. The topological polar surface area (TPSA) is 21.4 Å². The van der Waals surface area contributed by atoms with Gasteiger partial charge in [-0.05, 0) is 41.2 Å². The number of aromatic nitrogens is 1. The highest BCUT2D eigenvalue weighted by atomic mass is 19.1. The molecule has 0 unspecified atom stereocenters. The van der Waals surface area contributed by atoms with E-state index in [1.165, 1.54) is 0 Å². The van der Waals surface area contributed by atoms with E-state index in [9.17, 15) is 4.39 Å². The number of furan rings is 1. The predicted octanol–water partition coefficient (Wildman–Crippen LogP) is 8.04. The highest BCUT2D eigenvalue weighted by Crippen LogP contribution is 2.44. The van der Waals surface area contributed by atoms with Gasteiger partial charge in [-0.3, -0.25) is 0 Å². The molecule has 3 nitrogen and oxygen atoms in total. The van der Waals surface area contributed by atoms with Crippen LogP contribution in [0.3, 0.4) is 0 Å². The van der Waals surface area contributed by atoms with Crippen molar-refractivity contribution in [1.29, 1.82) is 0 Å². The number of benzene rings is 3. The summed E-state index contributed by atoms with van der Waals surface area (Å²) in [5, 5.41) is 1.96. The first kappa shape index (κ1) is 21.9. The third-order valence-corrected chi connectivity index (χ3v) is 6.43. The van der Waals surface area contributed by atoms with Crippen LogP contribution in [0, 0.1) is 19.3 Å². The van der Waals surface area contributed by atoms with Gasteiger partial charge >= 0.3 is 0 Å². The molecule has 0 aliphatic carbocycles. The monoisotopic (exact) mass is 449 g/mol. The standard InChI is InChI=1S/C30H26FN2O/c1-18-14-22(19-10-8-7-9-11-19)28-21-13-12-20(32-5)15-26(21)34-29(28)27(18)25-16-23(30(2,3)4)24(31)17-33(25)6/h7-17H,1-4,6H3/q+1. The Morgan fingerprint density at radius 3 is 2.41 bits per heavy atom.